The molecule has 0 unspecified atom stereocenters. The molecule has 0 bridgehead atoms. The van der Waals surface area contributed by atoms with Gasteiger partial charge in [-0.15, -0.1) is 0 Å². The molecule has 0 aromatic carbocycles. The molecule has 10 N–H and O–H groups in total. The van der Waals surface area contributed by atoms with Gasteiger partial charge in [0, 0.05) is 0 Å². The number of hydrogen-bond acceptors (Lipinski definition) is 15. The van der Waals surface area contributed by atoms with Crippen molar-refractivity contribution < 1.29 is 74.7 Å². The van der Waals surface area contributed by atoms with Crippen LogP contribution >= 0.6 is 0 Å². The van der Waals surface area contributed by atoms with Crippen molar-refractivity contribution in [3.8, 4) is 0 Å². The summed E-state index contributed by atoms with van der Waals surface area (Å²) in [4.78, 5) is 0. The molecule has 15 heteroatoms. The molecule has 15 nitrogen and oxygen atoms in total. The number of rotatable bonds is 6. The Morgan fingerprint density at radius 1 is 0.545 bits per heavy atom. The van der Waals surface area contributed by atoms with Crippen molar-refractivity contribution in [1.82, 2.24) is 0 Å². The van der Waals surface area contributed by atoms with Crippen molar-refractivity contribution in [1.29, 1.82) is 0 Å². The van der Waals surface area contributed by atoms with E-state index in [9.17, 15) is 51.1 Å². The van der Waals surface area contributed by atoms with Crippen LogP contribution in [0.4, 0.5) is 0 Å². The maximum absolute atomic E-state index is 10.7. The second-order valence-electron chi connectivity index (χ2n) is 8.32. The molecule has 0 radical (unpaired) electrons. The van der Waals surface area contributed by atoms with Gasteiger partial charge in [-0.1, -0.05) is 0 Å². The zero-order valence-electron chi connectivity index (χ0n) is 17.6. The SMILES string of the molecule is C[C@@H]1O[C@H](O)[C@H](O)[C@H](O[C@H]2O[C@H](CO)[C@@H](O)[C@H](O[C@H]3O[C@H](CO)[C@H](O)[C@H](O)[C@H]3O)[C@H]2O)[C@H]1O. The quantitative estimate of drug-likeness (QED) is 0.167. The van der Waals surface area contributed by atoms with Crippen LogP contribution in [0.25, 0.3) is 0 Å². The first kappa shape index (κ1) is 27.0. The van der Waals surface area contributed by atoms with Gasteiger partial charge in [0.1, 0.15) is 67.1 Å². The first-order valence-electron chi connectivity index (χ1n) is 10.4. The summed E-state index contributed by atoms with van der Waals surface area (Å²) >= 11 is 0. The molecule has 3 aliphatic rings. The molecule has 0 spiro atoms. The number of aliphatic hydroxyl groups excluding tert-OH is 10. The first-order chi connectivity index (χ1) is 15.5. The van der Waals surface area contributed by atoms with Crippen molar-refractivity contribution in [2.75, 3.05) is 13.2 Å². The van der Waals surface area contributed by atoms with Crippen LogP contribution in [0.3, 0.4) is 0 Å². The Hall–Kier alpha value is -0.600. The van der Waals surface area contributed by atoms with Gasteiger partial charge >= 0.3 is 0 Å². The Morgan fingerprint density at radius 2 is 1.03 bits per heavy atom. The molecule has 15 atom stereocenters. The van der Waals surface area contributed by atoms with Gasteiger partial charge in [0.05, 0.1) is 19.3 Å². The van der Waals surface area contributed by atoms with Gasteiger partial charge in [0.2, 0.25) is 0 Å². The van der Waals surface area contributed by atoms with Crippen LogP contribution in [-0.2, 0) is 23.7 Å². The molecular formula is C18H32O15. The van der Waals surface area contributed by atoms with E-state index in [1.54, 1.807) is 0 Å². The molecule has 194 valence electrons. The smallest absolute Gasteiger partial charge is 0.187 e. The Kier molecular flexibility index (Phi) is 8.99. The van der Waals surface area contributed by atoms with E-state index in [4.69, 9.17) is 23.7 Å². The van der Waals surface area contributed by atoms with E-state index < -0.39 is 105 Å². The lowest BCUT2D eigenvalue weighted by molar-refractivity contribution is -0.378. The van der Waals surface area contributed by atoms with Crippen LogP contribution in [-0.4, -0.2) is 156 Å². The Labute approximate surface area is 187 Å². The van der Waals surface area contributed by atoms with Gasteiger partial charge in [0.25, 0.3) is 0 Å². The lowest BCUT2D eigenvalue weighted by Gasteiger charge is -2.47. The lowest BCUT2D eigenvalue weighted by atomic mass is 9.96. The zero-order chi connectivity index (χ0) is 24.6. The highest BCUT2D eigenvalue weighted by molar-refractivity contribution is 4.95. The predicted molar refractivity (Wildman–Crippen MR) is 99.8 cm³/mol. The minimum atomic E-state index is -1.86. The Morgan fingerprint density at radius 3 is 1.58 bits per heavy atom. The molecule has 0 amide bonds. The van der Waals surface area contributed by atoms with Gasteiger partial charge in [-0.25, -0.2) is 0 Å². The van der Waals surface area contributed by atoms with Crippen LogP contribution in [0.5, 0.6) is 0 Å². The van der Waals surface area contributed by atoms with Gasteiger partial charge in [-0.2, -0.15) is 0 Å². The summed E-state index contributed by atoms with van der Waals surface area (Å²) in [5.74, 6) is 0. The van der Waals surface area contributed by atoms with Crippen LogP contribution in [0.15, 0.2) is 0 Å². The summed E-state index contributed by atoms with van der Waals surface area (Å²) in [5.41, 5.74) is 0. The third kappa shape index (κ3) is 5.32. The molecule has 3 saturated heterocycles. The van der Waals surface area contributed by atoms with E-state index in [-0.39, 0.29) is 0 Å². The highest BCUT2D eigenvalue weighted by atomic mass is 16.7. The van der Waals surface area contributed by atoms with Gasteiger partial charge < -0.3 is 74.7 Å². The van der Waals surface area contributed by atoms with Crippen molar-refractivity contribution in [3.05, 3.63) is 0 Å². The first-order valence-corrected chi connectivity index (χ1v) is 10.4. The van der Waals surface area contributed by atoms with Crippen LogP contribution in [0.1, 0.15) is 6.92 Å². The van der Waals surface area contributed by atoms with Crippen molar-refractivity contribution in [2.24, 2.45) is 0 Å². The zero-order valence-corrected chi connectivity index (χ0v) is 17.6. The Balaban J connectivity index is 1.77. The van der Waals surface area contributed by atoms with E-state index in [1.807, 2.05) is 0 Å². The number of ether oxygens (including phenoxy) is 5. The molecule has 0 aromatic rings. The lowest BCUT2D eigenvalue weighted by Crippen LogP contribution is -2.66. The molecular weight excluding hydrogens is 456 g/mol. The highest BCUT2D eigenvalue weighted by Crippen LogP contribution is 2.32. The second-order valence-corrected chi connectivity index (χ2v) is 8.32. The Bertz CT molecular complexity index is 610. The molecule has 0 aromatic heterocycles. The fraction of sp³-hybridized carbons (Fsp3) is 1.00. The minimum Gasteiger partial charge on any atom is -0.394 e. The molecule has 3 heterocycles. The summed E-state index contributed by atoms with van der Waals surface area (Å²) in [5, 5.41) is 100. The summed E-state index contributed by atoms with van der Waals surface area (Å²) in [6.07, 6.45) is -24.1. The van der Waals surface area contributed by atoms with E-state index in [0.717, 1.165) is 0 Å². The van der Waals surface area contributed by atoms with Crippen molar-refractivity contribution in [3.63, 3.8) is 0 Å². The molecule has 0 aliphatic carbocycles. The maximum Gasteiger partial charge on any atom is 0.187 e. The monoisotopic (exact) mass is 488 g/mol. The van der Waals surface area contributed by atoms with Crippen LogP contribution < -0.4 is 0 Å². The van der Waals surface area contributed by atoms with E-state index in [1.165, 1.54) is 6.92 Å². The fourth-order valence-electron chi connectivity index (χ4n) is 3.99. The third-order valence-corrected chi connectivity index (χ3v) is 6.05. The third-order valence-electron chi connectivity index (χ3n) is 6.05. The highest BCUT2D eigenvalue weighted by Gasteiger charge is 2.53. The van der Waals surface area contributed by atoms with Crippen LogP contribution in [0.2, 0.25) is 0 Å². The second kappa shape index (κ2) is 11.0. The van der Waals surface area contributed by atoms with Crippen LogP contribution in [0, 0.1) is 0 Å². The summed E-state index contributed by atoms with van der Waals surface area (Å²) in [6, 6.07) is 0. The normalized spacial score (nSPS) is 53.7. The molecule has 3 fully saturated rings. The topological polar surface area (TPSA) is 248 Å². The minimum absolute atomic E-state index is 0.741. The summed E-state index contributed by atoms with van der Waals surface area (Å²) in [7, 11) is 0. The molecule has 0 saturated carbocycles. The fourth-order valence-corrected chi connectivity index (χ4v) is 3.99. The van der Waals surface area contributed by atoms with E-state index in [2.05, 4.69) is 0 Å². The largest absolute Gasteiger partial charge is 0.394 e. The molecule has 33 heavy (non-hydrogen) atoms. The van der Waals surface area contributed by atoms with Gasteiger partial charge in [-0.05, 0) is 6.92 Å². The van der Waals surface area contributed by atoms with Gasteiger partial charge in [-0.3, -0.25) is 0 Å². The summed E-state index contributed by atoms with van der Waals surface area (Å²) in [6.45, 7) is -0.117. The number of hydrogen-bond donors (Lipinski definition) is 10. The maximum atomic E-state index is 10.7. The van der Waals surface area contributed by atoms with Crippen molar-refractivity contribution in [2.45, 2.75) is 99.0 Å². The van der Waals surface area contributed by atoms with Gasteiger partial charge in [0.15, 0.2) is 18.9 Å². The molecule has 3 rings (SSSR count). The van der Waals surface area contributed by atoms with E-state index >= 15 is 0 Å². The average Bonchev–Trinajstić information content (AvgIpc) is 2.79. The molecule has 3 aliphatic heterocycles. The predicted octanol–water partition coefficient (Wildman–Crippen LogP) is -6.55. The standard InChI is InChI=1S/C18H32O15/c1-4-7(21)14(12(26)16(28)29-4)32-18-13(27)15(9(23)6(3-20)31-18)33-17-11(25)10(24)8(22)5(2-19)30-17/h4-28H,2-3H2,1H3/t4-,5+,6+,7-,8-,9+,10-,11+,12+,13+,14+,15-,16-,17+,18+/m0/s1. The van der Waals surface area contributed by atoms with E-state index in [0.29, 0.717) is 0 Å². The average molecular weight is 488 g/mol. The number of aliphatic hydroxyl groups is 10. The van der Waals surface area contributed by atoms with Crippen molar-refractivity contribution >= 4 is 0 Å². The summed E-state index contributed by atoms with van der Waals surface area (Å²) < 4.78 is 26.4.